The zero-order chi connectivity index (χ0) is 28.1. The summed E-state index contributed by atoms with van der Waals surface area (Å²) in [5.74, 6) is -2.25. The normalized spacial score (nSPS) is 25.5. The van der Waals surface area contributed by atoms with Crippen molar-refractivity contribution in [1.29, 1.82) is 0 Å². The lowest BCUT2D eigenvalue weighted by atomic mass is 9.95. The van der Waals surface area contributed by atoms with E-state index in [2.05, 4.69) is 6.92 Å². The number of esters is 2. The summed E-state index contributed by atoms with van der Waals surface area (Å²) in [6, 6.07) is 9.20. The van der Waals surface area contributed by atoms with Gasteiger partial charge in [-0.25, -0.2) is 0 Å². The van der Waals surface area contributed by atoms with E-state index in [0.29, 0.717) is 12.8 Å². The molecule has 0 aliphatic carbocycles. The van der Waals surface area contributed by atoms with Crippen molar-refractivity contribution in [3.05, 3.63) is 35.9 Å². The predicted molar refractivity (Wildman–Crippen MR) is 145 cm³/mol. The van der Waals surface area contributed by atoms with Crippen molar-refractivity contribution in [1.82, 2.24) is 4.90 Å². The predicted octanol–water partition coefficient (Wildman–Crippen LogP) is 4.93. The van der Waals surface area contributed by atoms with Gasteiger partial charge in [-0.05, 0) is 37.7 Å². The molecular formula is C30H47NO7. The molecule has 1 saturated heterocycles. The van der Waals surface area contributed by atoms with Gasteiger partial charge in [-0.1, -0.05) is 76.8 Å². The monoisotopic (exact) mass is 533 g/mol. The van der Waals surface area contributed by atoms with Crippen LogP contribution in [0.2, 0.25) is 0 Å². The molecule has 0 bridgehead atoms. The SMILES string of the molecule is CCCCCCCC1OC(=O)CC(OCOC)[C@H](Cc2ccccc2)N(C)C(=O)C(C(C)C)OC(=O)[C@@H]1C. The minimum absolute atomic E-state index is 0.0366. The van der Waals surface area contributed by atoms with Crippen molar-refractivity contribution in [2.45, 2.75) is 103 Å². The average Bonchev–Trinajstić information content (AvgIpc) is 2.90. The Hall–Kier alpha value is -2.45. The van der Waals surface area contributed by atoms with E-state index in [4.69, 9.17) is 18.9 Å². The van der Waals surface area contributed by atoms with Gasteiger partial charge in [-0.15, -0.1) is 0 Å². The second kappa shape index (κ2) is 16.5. The Morgan fingerprint density at radius 2 is 1.71 bits per heavy atom. The summed E-state index contributed by atoms with van der Waals surface area (Å²) in [4.78, 5) is 41.7. The van der Waals surface area contributed by atoms with Gasteiger partial charge in [-0.3, -0.25) is 14.4 Å². The molecule has 1 aliphatic heterocycles. The molecule has 2 rings (SSSR count). The van der Waals surface area contributed by atoms with Gasteiger partial charge in [0.05, 0.1) is 24.5 Å². The highest BCUT2D eigenvalue weighted by molar-refractivity contribution is 5.85. The van der Waals surface area contributed by atoms with Crippen LogP contribution in [0, 0.1) is 11.8 Å². The summed E-state index contributed by atoms with van der Waals surface area (Å²) in [6.07, 6.45) is 3.88. The highest BCUT2D eigenvalue weighted by Gasteiger charge is 2.40. The van der Waals surface area contributed by atoms with E-state index in [9.17, 15) is 14.4 Å². The van der Waals surface area contributed by atoms with Crippen molar-refractivity contribution >= 4 is 17.8 Å². The summed E-state index contributed by atoms with van der Waals surface area (Å²) < 4.78 is 22.9. The summed E-state index contributed by atoms with van der Waals surface area (Å²) in [5.41, 5.74) is 0.986. The number of nitrogens with zero attached hydrogens (tertiary/aromatic N) is 1. The lowest BCUT2D eigenvalue weighted by molar-refractivity contribution is -0.180. The molecule has 1 aliphatic rings. The molecule has 0 spiro atoms. The number of carbonyl (C=O) groups excluding carboxylic acids is 3. The van der Waals surface area contributed by atoms with E-state index < -0.39 is 42.2 Å². The minimum Gasteiger partial charge on any atom is -0.461 e. The van der Waals surface area contributed by atoms with Crippen LogP contribution >= 0.6 is 0 Å². The zero-order valence-electron chi connectivity index (χ0n) is 24.0. The number of carbonyl (C=O) groups is 3. The molecule has 3 unspecified atom stereocenters. The van der Waals surface area contributed by atoms with Crippen molar-refractivity contribution in [2.75, 3.05) is 21.0 Å². The van der Waals surface area contributed by atoms with Crippen LogP contribution in [0.1, 0.15) is 78.2 Å². The standard InChI is InChI=1S/C30H47NO7/c1-7-8-9-10-14-17-25-22(4)30(34)38-28(21(2)3)29(33)31(5)24(18-23-15-12-11-13-16-23)26(36-20-35-6)19-27(32)37-25/h11-13,15-16,21-22,24-26,28H,7-10,14,17-20H2,1-6H3/t22-,24+,25?,26?,28?/m1/s1. The Balaban J connectivity index is 2.41. The maximum Gasteiger partial charge on any atom is 0.313 e. The van der Waals surface area contributed by atoms with Crippen LogP contribution in [0.5, 0.6) is 0 Å². The molecule has 0 saturated carbocycles. The maximum atomic E-state index is 13.8. The first-order valence-corrected chi connectivity index (χ1v) is 14.0. The maximum absolute atomic E-state index is 13.8. The third kappa shape index (κ3) is 9.70. The molecule has 0 N–H and O–H groups in total. The molecule has 38 heavy (non-hydrogen) atoms. The number of hydrogen-bond acceptors (Lipinski definition) is 7. The molecule has 0 aromatic heterocycles. The summed E-state index contributed by atoms with van der Waals surface area (Å²) in [7, 11) is 3.18. The Morgan fingerprint density at radius 1 is 1.03 bits per heavy atom. The van der Waals surface area contributed by atoms with Crippen molar-refractivity contribution in [3.63, 3.8) is 0 Å². The fraction of sp³-hybridized carbons (Fsp3) is 0.700. The number of rotatable bonds is 12. The number of hydrogen-bond donors (Lipinski definition) is 0. The Kier molecular flexibility index (Phi) is 13.8. The third-order valence-electron chi connectivity index (χ3n) is 7.23. The molecule has 5 atom stereocenters. The average molecular weight is 534 g/mol. The van der Waals surface area contributed by atoms with Crippen LogP contribution in [-0.4, -0.2) is 68.0 Å². The number of methoxy groups -OCH3 is 1. The fourth-order valence-electron chi connectivity index (χ4n) is 4.80. The van der Waals surface area contributed by atoms with E-state index in [1.165, 1.54) is 7.11 Å². The van der Waals surface area contributed by atoms with E-state index in [1.54, 1.807) is 18.9 Å². The molecule has 1 aromatic rings. The van der Waals surface area contributed by atoms with Crippen molar-refractivity contribution in [3.8, 4) is 0 Å². The highest BCUT2D eigenvalue weighted by atomic mass is 16.7. The molecule has 8 nitrogen and oxygen atoms in total. The van der Waals surface area contributed by atoms with Gasteiger partial charge in [0.1, 0.15) is 12.9 Å². The molecule has 1 heterocycles. The summed E-state index contributed by atoms with van der Waals surface area (Å²) in [5, 5.41) is 0. The van der Waals surface area contributed by atoms with Crippen LogP contribution in [0.4, 0.5) is 0 Å². The van der Waals surface area contributed by atoms with E-state index in [-0.39, 0.29) is 25.0 Å². The molecular weight excluding hydrogens is 486 g/mol. The van der Waals surface area contributed by atoms with E-state index >= 15 is 0 Å². The third-order valence-corrected chi connectivity index (χ3v) is 7.23. The van der Waals surface area contributed by atoms with Gasteiger partial charge >= 0.3 is 11.9 Å². The van der Waals surface area contributed by atoms with Crippen LogP contribution in [0.15, 0.2) is 30.3 Å². The number of benzene rings is 1. The fourth-order valence-corrected chi connectivity index (χ4v) is 4.80. The van der Waals surface area contributed by atoms with Crippen LogP contribution in [0.3, 0.4) is 0 Å². The molecule has 0 radical (unpaired) electrons. The molecule has 1 amide bonds. The lowest BCUT2D eigenvalue weighted by Gasteiger charge is -2.38. The van der Waals surface area contributed by atoms with E-state index in [0.717, 1.165) is 37.7 Å². The number of likely N-dealkylation sites (N-methyl/N-ethyl adjacent to an activating group) is 1. The van der Waals surface area contributed by atoms with Gasteiger partial charge < -0.3 is 23.8 Å². The first kappa shape index (κ1) is 31.8. The van der Waals surface area contributed by atoms with E-state index in [1.807, 2.05) is 44.2 Å². The van der Waals surface area contributed by atoms with Gasteiger partial charge in [-0.2, -0.15) is 0 Å². The highest BCUT2D eigenvalue weighted by Crippen LogP contribution is 2.25. The Bertz CT molecular complexity index is 859. The topological polar surface area (TPSA) is 91.4 Å². The number of cyclic esters (lactones) is 2. The lowest BCUT2D eigenvalue weighted by Crippen LogP contribution is -2.53. The Labute approximate surface area is 228 Å². The van der Waals surface area contributed by atoms with Crippen LogP contribution in [-0.2, 0) is 39.8 Å². The van der Waals surface area contributed by atoms with Crippen LogP contribution < -0.4 is 0 Å². The first-order valence-electron chi connectivity index (χ1n) is 14.0. The minimum atomic E-state index is -0.961. The summed E-state index contributed by atoms with van der Waals surface area (Å²) in [6.45, 7) is 7.54. The largest absolute Gasteiger partial charge is 0.461 e. The number of amides is 1. The van der Waals surface area contributed by atoms with Crippen LogP contribution in [0.25, 0.3) is 0 Å². The quantitative estimate of drug-likeness (QED) is 0.214. The second-order valence-corrected chi connectivity index (χ2v) is 10.6. The Morgan fingerprint density at radius 3 is 2.34 bits per heavy atom. The number of ether oxygens (including phenoxy) is 4. The zero-order valence-corrected chi connectivity index (χ0v) is 24.0. The van der Waals surface area contributed by atoms with Gasteiger partial charge in [0.25, 0.3) is 5.91 Å². The first-order chi connectivity index (χ1) is 18.2. The second-order valence-electron chi connectivity index (χ2n) is 10.6. The van der Waals surface area contributed by atoms with Gasteiger partial charge in [0.15, 0.2) is 6.10 Å². The summed E-state index contributed by atoms with van der Waals surface area (Å²) >= 11 is 0. The molecule has 8 heteroatoms. The molecule has 214 valence electrons. The molecule has 1 fully saturated rings. The van der Waals surface area contributed by atoms with Crippen molar-refractivity contribution in [2.24, 2.45) is 11.8 Å². The van der Waals surface area contributed by atoms with Gasteiger partial charge in [0, 0.05) is 14.2 Å². The number of unbranched alkanes of at least 4 members (excludes halogenated alkanes) is 4. The van der Waals surface area contributed by atoms with Gasteiger partial charge in [0.2, 0.25) is 0 Å². The molecule has 1 aromatic carbocycles. The van der Waals surface area contributed by atoms with Crippen molar-refractivity contribution < 1.29 is 33.3 Å². The smallest absolute Gasteiger partial charge is 0.313 e.